The molecule has 2 N–H and O–H groups in total. The number of methoxy groups -OCH3 is 1. The minimum absolute atomic E-state index is 0.00707. The Bertz CT molecular complexity index is 884. The van der Waals surface area contributed by atoms with E-state index in [1.165, 1.54) is 11.8 Å². The van der Waals surface area contributed by atoms with Crippen molar-refractivity contribution in [2.24, 2.45) is 0 Å². The van der Waals surface area contributed by atoms with Gasteiger partial charge in [0.2, 0.25) is 5.91 Å². The number of rotatable bonds is 14. The van der Waals surface area contributed by atoms with E-state index in [9.17, 15) is 14.4 Å². The molecule has 0 spiro atoms. The van der Waals surface area contributed by atoms with Crippen molar-refractivity contribution in [1.82, 2.24) is 5.32 Å². The highest BCUT2D eigenvalue weighted by Gasteiger charge is 2.21. The number of benzene rings is 1. The summed E-state index contributed by atoms with van der Waals surface area (Å²) in [6.45, 7) is 2.17. The van der Waals surface area contributed by atoms with E-state index in [4.69, 9.17) is 24.1 Å². The molecule has 0 bridgehead atoms. The van der Waals surface area contributed by atoms with E-state index < -0.39 is 18.0 Å². The SMILES string of the molecule is C/C=C(\C=C/CCC1SCOCNC1=O)OC[C@@H](OC(=O)CCCC(=O)O)c1ccc(OC)cc1. The van der Waals surface area contributed by atoms with Crippen LogP contribution in [0.2, 0.25) is 0 Å². The van der Waals surface area contributed by atoms with Gasteiger partial charge in [0.1, 0.15) is 24.8 Å². The van der Waals surface area contributed by atoms with Crippen molar-refractivity contribution in [3.8, 4) is 5.75 Å². The summed E-state index contributed by atoms with van der Waals surface area (Å²) in [5.41, 5.74) is 0.732. The molecular formula is C25H33NO8S. The second kappa shape index (κ2) is 15.8. The van der Waals surface area contributed by atoms with Gasteiger partial charge >= 0.3 is 11.9 Å². The number of carboxylic acid groups (broad SMARTS) is 1. The molecule has 9 nitrogen and oxygen atoms in total. The molecule has 1 amide bonds. The minimum Gasteiger partial charge on any atom is -0.497 e. The highest BCUT2D eigenvalue weighted by Crippen LogP contribution is 2.24. The summed E-state index contributed by atoms with van der Waals surface area (Å²) in [5.74, 6) is 0.298. The fourth-order valence-corrected chi connectivity index (χ4v) is 4.04. The number of nitrogens with one attached hydrogen (secondary N) is 1. The van der Waals surface area contributed by atoms with Crippen molar-refractivity contribution in [3.05, 3.63) is 53.8 Å². The molecule has 2 rings (SSSR count). The molecule has 0 saturated carbocycles. The Morgan fingerprint density at radius 1 is 1.29 bits per heavy atom. The maximum Gasteiger partial charge on any atom is 0.306 e. The number of allylic oxidation sites excluding steroid dienone is 3. The third-order valence-electron chi connectivity index (χ3n) is 5.09. The van der Waals surface area contributed by atoms with Gasteiger partial charge in [0.05, 0.1) is 18.3 Å². The number of ether oxygens (including phenoxy) is 4. The third kappa shape index (κ3) is 10.9. The van der Waals surface area contributed by atoms with Crippen molar-refractivity contribution in [1.29, 1.82) is 0 Å². The van der Waals surface area contributed by atoms with Gasteiger partial charge in [-0.2, -0.15) is 0 Å². The number of carboxylic acids is 1. The lowest BCUT2D eigenvalue weighted by Crippen LogP contribution is -2.31. The topological polar surface area (TPSA) is 120 Å². The average molecular weight is 508 g/mol. The molecule has 1 aliphatic heterocycles. The number of aliphatic carboxylic acids is 1. The summed E-state index contributed by atoms with van der Waals surface area (Å²) in [4.78, 5) is 35.0. The predicted octanol–water partition coefficient (Wildman–Crippen LogP) is 3.95. The maximum absolute atomic E-state index is 12.3. The molecule has 1 unspecified atom stereocenters. The van der Waals surface area contributed by atoms with Crippen molar-refractivity contribution in [2.45, 2.75) is 50.4 Å². The van der Waals surface area contributed by atoms with Crippen LogP contribution < -0.4 is 10.1 Å². The highest BCUT2D eigenvalue weighted by molar-refractivity contribution is 8.00. The van der Waals surface area contributed by atoms with E-state index in [0.717, 1.165) is 5.56 Å². The monoisotopic (exact) mass is 507 g/mol. The van der Waals surface area contributed by atoms with Crippen LogP contribution in [0.25, 0.3) is 0 Å². The standard InChI is InChI=1S/C25H33NO8S/c1-3-19(7-4-5-8-22-25(30)26-16-32-17-35-22)33-15-21(18-11-13-20(31-2)14-12-18)34-24(29)10-6-9-23(27)28/h3-4,7,11-14,21-22H,5-6,8-10,15-17H2,1-2H3,(H,26,30)(H,27,28)/b7-4-,19-3+/t21-,22?/m1/s1. The third-order valence-corrected chi connectivity index (χ3v) is 6.24. The molecule has 10 heteroatoms. The zero-order chi connectivity index (χ0) is 25.5. The van der Waals surface area contributed by atoms with Crippen LogP contribution in [0.3, 0.4) is 0 Å². The van der Waals surface area contributed by atoms with Gasteiger partial charge in [-0.15, -0.1) is 11.8 Å². The molecule has 35 heavy (non-hydrogen) atoms. The quantitative estimate of drug-likeness (QED) is 0.219. The Morgan fingerprint density at radius 3 is 2.74 bits per heavy atom. The van der Waals surface area contributed by atoms with E-state index in [1.807, 2.05) is 19.1 Å². The second-order valence-corrected chi connectivity index (χ2v) is 8.78. The molecule has 1 saturated heterocycles. The number of thioether (sulfide) groups is 1. The Morgan fingerprint density at radius 2 is 2.06 bits per heavy atom. The first-order valence-corrected chi connectivity index (χ1v) is 12.5. The molecule has 192 valence electrons. The van der Waals surface area contributed by atoms with Crippen LogP contribution in [0.15, 0.2) is 48.3 Å². The van der Waals surface area contributed by atoms with Gasteiger partial charge in [-0.05, 0) is 56.0 Å². The predicted molar refractivity (Wildman–Crippen MR) is 132 cm³/mol. The molecular weight excluding hydrogens is 474 g/mol. The lowest BCUT2D eigenvalue weighted by Gasteiger charge is -2.20. The Hall–Kier alpha value is -2.98. The largest absolute Gasteiger partial charge is 0.497 e. The summed E-state index contributed by atoms with van der Waals surface area (Å²) in [6.07, 6.45) is 6.38. The molecule has 0 aliphatic carbocycles. The zero-order valence-corrected chi connectivity index (χ0v) is 20.9. The van der Waals surface area contributed by atoms with Crippen molar-refractivity contribution in [2.75, 3.05) is 26.4 Å². The molecule has 1 aromatic carbocycles. The first-order valence-electron chi connectivity index (χ1n) is 11.4. The number of esters is 1. The normalized spacial score (nSPS) is 17.4. The van der Waals surface area contributed by atoms with Gasteiger partial charge in [-0.3, -0.25) is 14.4 Å². The van der Waals surface area contributed by atoms with Crippen molar-refractivity contribution in [3.63, 3.8) is 0 Å². The van der Waals surface area contributed by atoms with Gasteiger partial charge in [0.25, 0.3) is 0 Å². The van der Waals surface area contributed by atoms with E-state index in [0.29, 0.717) is 30.3 Å². The summed E-state index contributed by atoms with van der Waals surface area (Å²) < 4.78 is 21.9. The van der Waals surface area contributed by atoms with Crippen LogP contribution in [-0.4, -0.2) is 54.6 Å². The lowest BCUT2D eigenvalue weighted by atomic mass is 10.1. The number of amides is 1. The first kappa shape index (κ1) is 28.3. The van der Waals surface area contributed by atoms with E-state index in [1.54, 1.807) is 37.5 Å². The van der Waals surface area contributed by atoms with Crippen molar-refractivity contribution < 1.29 is 38.4 Å². The Kier molecular flexibility index (Phi) is 12.8. The van der Waals surface area contributed by atoms with Gasteiger partial charge < -0.3 is 29.4 Å². The second-order valence-electron chi connectivity index (χ2n) is 7.64. The van der Waals surface area contributed by atoms with E-state index >= 15 is 0 Å². The molecule has 1 aromatic rings. The van der Waals surface area contributed by atoms with Crippen LogP contribution in [-0.2, 0) is 28.6 Å². The number of hydrogen-bond donors (Lipinski definition) is 2. The van der Waals surface area contributed by atoms with Crippen LogP contribution in [0.5, 0.6) is 5.75 Å². The molecule has 1 heterocycles. The van der Waals surface area contributed by atoms with Gasteiger partial charge in [0.15, 0.2) is 6.10 Å². The van der Waals surface area contributed by atoms with Crippen LogP contribution in [0, 0.1) is 0 Å². The lowest BCUT2D eigenvalue weighted by molar-refractivity contribution is -0.152. The zero-order valence-electron chi connectivity index (χ0n) is 20.1. The smallest absolute Gasteiger partial charge is 0.306 e. The number of hydrogen-bond acceptors (Lipinski definition) is 8. The van der Waals surface area contributed by atoms with Gasteiger partial charge in [-0.1, -0.05) is 18.2 Å². The molecule has 1 aliphatic rings. The molecule has 0 aromatic heterocycles. The summed E-state index contributed by atoms with van der Waals surface area (Å²) in [7, 11) is 1.57. The molecule has 1 fully saturated rings. The highest BCUT2D eigenvalue weighted by atomic mass is 32.2. The maximum atomic E-state index is 12.3. The molecule has 2 atom stereocenters. The number of carbonyl (C=O) groups is 3. The minimum atomic E-state index is -0.955. The summed E-state index contributed by atoms with van der Waals surface area (Å²) >= 11 is 1.48. The Balaban J connectivity index is 1.93. The fourth-order valence-electron chi connectivity index (χ4n) is 3.16. The average Bonchev–Trinajstić information content (AvgIpc) is 3.06. The van der Waals surface area contributed by atoms with Crippen molar-refractivity contribution >= 4 is 29.6 Å². The van der Waals surface area contributed by atoms with Crippen LogP contribution in [0.1, 0.15) is 50.7 Å². The summed E-state index contributed by atoms with van der Waals surface area (Å²) in [6, 6.07) is 7.12. The van der Waals surface area contributed by atoms with E-state index in [2.05, 4.69) is 5.32 Å². The Labute approximate surface area is 209 Å². The summed E-state index contributed by atoms with van der Waals surface area (Å²) in [5, 5.41) is 11.3. The van der Waals surface area contributed by atoms with Crippen LogP contribution in [0.4, 0.5) is 0 Å². The van der Waals surface area contributed by atoms with Gasteiger partial charge in [0, 0.05) is 12.8 Å². The fraction of sp³-hybridized carbons (Fsp3) is 0.480. The number of carbonyl (C=O) groups excluding carboxylic acids is 2. The first-order chi connectivity index (χ1) is 16.9. The van der Waals surface area contributed by atoms with E-state index in [-0.39, 0.29) is 43.8 Å². The van der Waals surface area contributed by atoms with Crippen LogP contribution >= 0.6 is 11.8 Å². The van der Waals surface area contributed by atoms with Gasteiger partial charge in [-0.25, -0.2) is 0 Å². The molecule has 0 radical (unpaired) electrons.